The van der Waals surface area contributed by atoms with Crippen molar-refractivity contribution >= 4 is 31.1 Å². The molecule has 1 aliphatic rings. The smallest absolute Gasteiger partial charge is 0.330 e. The first-order valence-corrected chi connectivity index (χ1v) is 8.67. The highest BCUT2D eigenvalue weighted by atomic mass is 35.5. The van der Waals surface area contributed by atoms with E-state index in [0.29, 0.717) is 6.42 Å². The minimum Gasteiger partial charge on any atom is -0.467 e. The number of hydrogen-bond donors (Lipinski definition) is 0. The van der Waals surface area contributed by atoms with Crippen LogP contribution in [-0.2, 0) is 27.9 Å². The maximum absolute atomic E-state index is 12.5. The molecule has 1 saturated heterocycles. The lowest BCUT2D eigenvalue weighted by atomic mass is 10.1. The van der Waals surface area contributed by atoms with Crippen LogP contribution in [-0.4, -0.2) is 62.2 Å². The molecular formula is C12H21ClNO6P. The van der Waals surface area contributed by atoms with Gasteiger partial charge in [0, 0.05) is 26.7 Å². The molecule has 2 unspecified atom stereocenters. The summed E-state index contributed by atoms with van der Waals surface area (Å²) in [6.07, 6.45) is 0.287. The van der Waals surface area contributed by atoms with Crippen molar-refractivity contribution in [2.75, 3.05) is 34.0 Å². The zero-order valence-corrected chi connectivity index (χ0v) is 14.2. The van der Waals surface area contributed by atoms with Crippen LogP contribution in [0.15, 0.2) is 0 Å². The molecule has 1 fully saturated rings. The fraction of sp³-hybridized carbons (Fsp3) is 0.833. The Labute approximate surface area is 129 Å². The summed E-state index contributed by atoms with van der Waals surface area (Å²) in [7, 11) is 0.505. The minimum absolute atomic E-state index is 0.0593. The second-order valence-corrected chi connectivity index (χ2v) is 7.86. The zero-order chi connectivity index (χ0) is 16.2. The first-order valence-electron chi connectivity index (χ1n) is 6.51. The maximum Gasteiger partial charge on any atom is 0.330 e. The molecule has 1 rings (SSSR count). The third-order valence-corrected chi connectivity index (χ3v) is 5.91. The number of nitrogens with zero attached hydrogens (tertiary/aromatic N) is 1. The highest BCUT2D eigenvalue weighted by Gasteiger charge is 2.42. The Morgan fingerprint density at radius 2 is 1.90 bits per heavy atom. The van der Waals surface area contributed by atoms with Crippen molar-refractivity contribution in [2.45, 2.75) is 24.8 Å². The molecule has 1 aliphatic heterocycles. The van der Waals surface area contributed by atoms with Crippen LogP contribution in [0.25, 0.3) is 0 Å². The third kappa shape index (κ3) is 4.42. The molecule has 0 aliphatic carbocycles. The highest BCUT2D eigenvalue weighted by Crippen LogP contribution is 2.48. The molecule has 0 N–H and O–H groups in total. The number of esters is 1. The van der Waals surface area contributed by atoms with Gasteiger partial charge >= 0.3 is 13.6 Å². The van der Waals surface area contributed by atoms with Crippen LogP contribution in [0.1, 0.15) is 13.3 Å². The fourth-order valence-electron chi connectivity index (χ4n) is 2.31. The van der Waals surface area contributed by atoms with Crippen molar-refractivity contribution in [1.29, 1.82) is 0 Å². The molecule has 21 heavy (non-hydrogen) atoms. The van der Waals surface area contributed by atoms with Crippen LogP contribution >= 0.6 is 19.2 Å². The van der Waals surface area contributed by atoms with Crippen molar-refractivity contribution in [3.05, 3.63) is 0 Å². The highest BCUT2D eigenvalue weighted by molar-refractivity contribution is 7.53. The molecule has 7 nitrogen and oxygen atoms in total. The molecule has 0 radical (unpaired) electrons. The second kappa shape index (κ2) is 7.58. The standard InChI is InChI=1S/C12H21ClNO6P/c1-8(7-21(17,19-3)20-4)11(15)14-6-9(13)5-10(14)12(16)18-2/h8-10H,5-7H2,1-4H3/t8?,9?,10-/m0/s1. The summed E-state index contributed by atoms with van der Waals surface area (Å²) in [5, 5.41) is -0.304. The number of methoxy groups -OCH3 is 1. The summed E-state index contributed by atoms with van der Waals surface area (Å²) in [6.45, 7) is 1.87. The molecule has 122 valence electrons. The van der Waals surface area contributed by atoms with E-state index >= 15 is 0 Å². The van der Waals surface area contributed by atoms with Gasteiger partial charge in [-0.3, -0.25) is 9.36 Å². The van der Waals surface area contributed by atoms with E-state index in [1.54, 1.807) is 6.92 Å². The van der Waals surface area contributed by atoms with E-state index in [0.717, 1.165) is 0 Å². The lowest BCUT2D eigenvalue weighted by Gasteiger charge is -2.26. The Morgan fingerprint density at radius 3 is 2.38 bits per heavy atom. The SMILES string of the molecule is COC(=O)[C@@H]1CC(Cl)CN1C(=O)C(C)CP(=O)(OC)OC. The Morgan fingerprint density at radius 1 is 1.33 bits per heavy atom. The number of carbonyl (C=O) groups excluding carboxylic acids is 2. The molecular weight excluding hydrogens is 321 g/mol. The number of likely N-dealkylation sites (tertiary alicyclic amines) is 1. The van der Waals surface area contributed by atoms with Crippen molar-refractivity contribution in [2.24, 2.45) is 5.92 Å². The van der Waals surface area contributed by atoms with Crippen molar-refractivity contribution in [3.8, 4) is 0 Å². The molecule has 0 saturated carbocycles. The number of halogens is 1. The number of alkyl halides is 1. The van der Waals surface area contributed by atoms with Gasteiger partial charge in [0.1, 0.15) is 6.04 Å². The van der Waals surface area contributed by atoms with E-state index in [-0.39, 0.29) is 24.0 Å². The van der Waals surface area contributed by atoms with Crippen LogP contribution < -0.4 is 0 Å². The second-order valence-electron chi connectivity index (χ2n) is 4.92. The van der Waals surface area contributed by atoms with Crippen molar-refractivity contribution in [3.63, 3.8) is 0 Å². The summed E-state index contributed by atoms with van der Waals surface area (Å²) in [5.74, 6) is -1.44. The molecule has 1 amide bonds. The normalized spacial score (nSPS) is 24.0. The predicted octanol–water partition coefficient (Wildman–Crippen LogP) is 1.49. The van der Waals surface area contributed by atoms with E-state index in [4.69, 9.17) is 25.4 Å². The lowest BCUT2D eigenvalue weighted by molar-refractivity contribution is -0.152. The fourth-order valence-corrected chi connectivity index (χ4v) is 3.90. The first kappa shape index (κ1) is 18.4. The van der Waals surface area contributed by atoms with Crippen LogP contribution in [0.5, 0.6) is 0 Å². The zero-order valence-electron chi connectivity index (χ0n) is 12.6. The quantitative estimate of drug-likeness (QED) is 0.413. The molecule has 3 atom stereocenters. The molecule has 9 heteroatoms. The molecule has 0 spiro atoms. The number of amides is 1. The van der Waals surface area contributed by atoms with Gasteiger partial charge in [-0.25, -0.2) is 4.79 Å². The Hall–Kier alpha value is -0.620. The Balaban J connectivity index is 2.81. The van der Waals surface area contributed by atoms with E-state index in [9.17, 15) is 14.2 Å². The maximum atomic E-state index is 12.5. The van der Waals surface area contributed by atoms with Crippen LogP contribution in [0.3, 0.4) is 0 Å². The van der Waals surface area contributed by atoms with Gasteiger partial charge in [-0.15, -0.1) is 11.6 Å². The third-order valence-electron chi connectivity index (χ3n) is 3.48. The Kier molecular flexibility index (Phi) is 6.66. The monoisotopic (exact) mass is 341 g/mol. The van der Waals surface area contributed by atoms with E-state index in [1.807, 2.05) is 0 Å². The van der Waals surface area contributed by atoms with E-state index < -0.39 is 25.5 Å². The van der Waals surface area contributed by atoms with Gasteiger partial charge in [0.2, 0.25) is 5.91 Å². The van der Waals surface area contributed by atoms with Gasteiger partial charge in [0.15, 0.2) is 0 Å². The number of rotatable bonds is 6. The van der Waals surface area contributed by atoms with Gasteiger partial charge in [0.25, 0.3) is 0 Å². The van der Waals surface area contributed by atoms with Gasteiger partial charge in [-0.2, -0.15) is 0 Å². The summed E-state index contributed by atoms with van der Waals surface area (Å²) in [5.41, 5.74) is 0. The molecule has 0 aromatic rings. The number of hydrogen-bond acceptors (Lipinski definition) is 6. The van der Waals surface area contributed by atoms with Gasteiger partial charge in [-0.1, -0.05) is 6.92 Å². The lowest BCUT2D eigenvalue weighted by Crippen LogP contribution is -2.44. The van der Waals surface area contributed by atoms with Gasteiger partial charge < -0.3 is 18.7 Å². The molecule has 0 bridgehead atoms. The molecule has 0 aromatic carbocycles. The largest absolute Gasteiger partial charge is 0.467 e. The first-order chi connectivity index (χ1) is 9.77. The molecule has 0 aromatic heterocycles. The van der Waals surface area contributed by atoms with E-state index in [1.165, 1.54) is 26.2 Å². The minimum atomic E-state index is -3.29. The van der Waals surface area contributed by atoms with Crippen molar-refractivity contribution < 1.29 is 27.9 Å². The summed E-state index contributed by atoms with van der Waals surface area (Å²) >= 11 is 6.03. The summed E-state index contributed by atoms with van der Waals surface area (Å²) < 4.78 is 26.4. The summed E-state index contributed by atoms with van der Waals surface area (Å²) in [6, 6.07) is -0.697. The predicted molar refractivity (Wildman–Crippen MR) is 77.4 cm³/mol. The van der Waals surface area contributed by atoms with Gasteiger partial charge in [0.05, 0.1) is 18.6 Å². The van der Waals surface area contributed by atoms with Crippen LogP contribution in [0, 0.1) is 5.92 Å². The Bertz CT molecular complexity index is 437. The number of carbonyl (C=O) groups is 2. The van der Waals surface area contributed by atoms with Crippen LogP contribution in [0.4, 0.5) is 0 Å². The van der Waals surface area contributed by atoms with Crippen molar-refractivity contribution in [1.82, 2.24) is 4.90 Å². The van der Waals surface area contributed by atoms with E-state index in [2.05, 4.69) is 0 Å². The summed E-state index contributed by atoms with van der Waals surface area (Å²) in [4.78, 5) is 25.6. The molecule has 1 heterocycles. The van der Waals surface area contributed by atoms with Gasteiger partial charge in [-0.05, 0) is 6.42 Å². The number of ether oxygens (including phenoxy) is 1. The topological polar surface area (TPSA) is 82.1 Å². The average molecular weight is 342 g/mol. The van der Waals surface area contributed by atoms with Crippen LogP contribution in [0.2, 0.25) is 0 Å². The average Bonchev–Trinajstić information content (AvgIpc) is 2.87.